The number of phosphoric ester groups is 2. The zero-order chi connectivity index (χ0) is 26.3. The molecule has 17 nitrogen and oxygen atoms in total. The van der Waals surface area contributed by atoms with Gasteiger partial charge in [0.05, 0.1) is 31.0 Å². The van der Waals surface area contributed by atoms with Crippen LogP contribution in [0.4, 0.5) is 0 Å². The highest BCUT2D eigenvalue weighted by Gasteiger charge is 2.47. The third kappa shape index (κ3) is 6.72. The summed E-state index contributed by atoms with van der Waals surface area (Å²) in [5.74, 6) is 0. The maximum atomic E-state index is 12.2. The fraction of sp³-hybridized carbons (Fsp3) is 0.750. The Labute approximate surface area is 197 Å². The molecule has 1 aromatic rings. The van der Waals surface area contributed by atoms with E-state index >= 15 is 0 Å². The summed E-state index contributed by atoms with van der Waals surface area (Å²) in [5.41, 5.74) is 4.38. The number of hydrogen-bond acceptors (Lipinski definition) is 13. The Morgan fingerprint density at radius 1 is 1.17 bits per heavy atom. The van der Waals surface area contributed by atoms with E-state index in [1.807, 2.05) is 0 Å². The van der Waals surface area contributed by atoms with Crippen molar-refractivity contribution < 1.29 is 57.1 Å². The molecule has 3 heterocycles. The van der Waals surface area contributed by atoms with Crippen molar-refractivity contribution in [2.75, 3.05) is 6.61 Å². The van der Waals surface area contributed by atoms with Crippen LogP contribution in [0.3, 0.4) is 0 Å². The normalized spacial score (nSPS) is 37.0. The van der Waals surface area contributed by atoms with Gasteiger partial charge in [0.1, 0.15) is 18.4 Å². The number of aromatic amines is 1. The highest BCUT2D eigenvalue weighted by Crippen LogP contribution is 2.61. The third-order valence-corrected chi connectivity index (χ3v) is 8.00. The minimum Gasteiger partial charge on any atom is -0.390 e. The van der Waals surface area contributed by atoms with Crippen molar-refractivity contribution in [3.8, 4) is 0 Å². The Hall–Kier alpha value is -1.30. The predicted octanol–water partition coefficient (Wildman–Crippen LogP) is -2.46. The molecule has 19 heteroatoms. The molecule has 8 N–H and O–H groups in total. The van der Waals surface area contributed by atoms with E-state index < -0.39 is 82.6 Å². The summed E-state index contributed by atoms with van der Waals surface area (Å²) in [6.45, 7) is 1.99. The molecule has 2 aliphatic heterocycles. The maximum Gasteiger partial charge on any atom is 0.483 e. The number of nitrogens with two attached hydrogens (primary N) is 1. The Kier molecular flexibility index (Phi) is 8.56. The molecule has 3 rings (SSSR count). The molecule has 200 valence electrons. The molecule has 2 aliphatic rings. The molecule has 0 radical (unpaired) electrons. The molecule has 10 atom stereocenters. The molecule has 0 aliphatic carbocycles. The molecule has 3 unspecified atom stereocenters. The number of aryl methyl sites for hydroxylation is 1. The van der Waals surface area contributed by atoms with Gasteiger partial charge >= 0.3 is 21.3 Å². The fourth-order valence-corrected chi connectivity index (χ4v) is 5.62. The second kappa shape index (κ2) is 10.6. The molecule has 35 heavy (non-hydrogen) atoms. The second-order valence-electron chi connectivity index (χ2n) is 8.10. The van der Waals surface area contributed by atoms with Crippen LogP contribution in [-0.2, 0) is 32.0 Å². The summed E-state index contributed by atoms with van der Waals surface area (Å²) in [6, 6.07) is -1.31. The minimum absolute atomic E-state index is 0.140. The number of nitrogens with one attached hydrogen (secondary N) is 1. The van der Waals surface area contributed by atoms with Gasteiger partial charge in [-0.3, -0.25) is 23.4 Å². The minimum atomic E-state index is -5.39. The van der Waals surface area contributed by atoms with E-state index in [9.17, 15) is 43.8 Å². The van der Waals surface area contributed by atoms with E-state index in [2.05, 4.69) is 18.3 Å². The molecular weight excluding hydrogens is 520 g/mol. The molecular formula is C16H27N3O14P2. The number of rotatable bonds is 8. The van der Waals surface area contributed by atoms with Crippen LogP contribution in [0.15, 0.2) is 15.8 Å². The fourth-order valence-electron chi connectivity index (χ4n) is 3.46. The van der Waals surface area contributed by atoms with Crippen LogP contribution in [0.2, 0.25) is 0 Å². The molecule has 2 fully saturated rings. The highest BCUT2D eigenvalue weighted by atomic mass is 31.3. The van der Waals surface area contributed by atoms with Crippen molar-refractivity contribution in [1.29, 1.82) is 0 Å². The zero-order valence-electron chi connectivity index (χ0n) is 18.4. The molecule has 2 saturated heterocycles. The number of aliphatic hydroxyl groups is 3. The first kappa shape index (κ1) is 28.3. The van der Waals surface area contributed by atoms with Crippen molar-refractivity contribution in [3.05, 3.63) is 32.6 Å². The van der Waals surface area contributed by atoms with E-state index in [4.69, 9.17) is 15.2 Å². The van der Waals surface area contributed by atoms with Crippen LogP contribution in [0.25, 0.3) is 0 Å². The lowest BCUT2D eigenvalue weighted by Gasteiger charge is -2.39. The van der Waals surface area contributed by atoms with E-state index in [1.165, 1.54) is 20.0 Å². The van der Waals surface area contributed by atoms with Crippen molar-refractivity contribution in [3.63, 3.8) is 0 Å². The summed E-state index contributed by atoms with van der Waals surface area (Å²) >= 11 is 0. The molecule has 0 bridgehead atoms. The summed E-state index contributed by atoms with van der Waals surface area (Å²) in [5, 5.41) is 29.9. The lowest BCUT2D eigenvalue weighted by molar-refractivity contribution is -0.240. The Balaban J connectivity index is 1.59. The predicted molar refractivity (Wildman–Crippen MR) is 113 cm³/mol. The molecule has 0 aromatic carbocycles. The van der Waals surface area contributed by atoms with Crippen LogP contribution in [-0.4, -0.2) is 84.1 Å². The topological polar surface area (TPSA) is 262 Å². The second-order valence-corrected chi connectivity index (χ2v) is 11.1. The van der Waals surface area contributed by atoms with Gasteiger partial charge in [0.2, 0.25) is 0 Å². The first-order valence-corrected chi connectivity index (χ1v) is 13.2. The van der Waals surface area contributed by atoms with Crippen molar-refractivity contribution in [1.82, 2.24) is 9.55 Å². The average Bonchev–Trinajstić information content (AvgIpc) is 3.11. The lowest BCUT2D eigenvalue weighted by Crippen LogP contribution is -2.60. The number of aromatic nitrogens is 2. The Morgan fingerprint density at radius 3 is 2.49 bits per heavy atom. The Morgan fingerprint density at radius 2 is 1.83 bits per heavy atom. The van der Waals surface area contributed by atoms with Gasteiger partial charge in [-0.25, -0.2) is 13.9 Å². The van der Waals surface area contributed by atoms with Crippen LogP contribution < -0.4 is 17.0 Å². The first-order chi connectivity index (χ1) is 16.1. The maximum absolute atomic E-state index is 12.2. The van der Waals surface area contributed by atoms with Crippen molar-refractivity contribution in [2.24, 2.45) is 5.73 Å². The van der Waals surface area contributed by atoms with Crippen LogP contribution in [0.1, 0.15) is 25.1 Å². The van der Waals surface area contributed by atoms with Crippen molar-refractivity contribution in [2.45, 2.75) is 69.3 Å². The largest absolute Gasteiger partial charge is 0.483 e. The molecule has 0 amide bonds. The van der Waals surface area contributed by atoms with Gasteiger partial charge in [-0.2, -0.15) is 4.31 Å². The zero-order valence-corrected chi connectivity index (χ0v) is 20.2. The molecule has 0 spiro atoms. The summed E-state index contributed by atoms with van der Waals surface area (Å²) < 4.78 is 49.3. The SMILES string of the molecule is Cc1cn([C@H]2C[C@H](O)[C@@H](COP(=O)(O)OP(=O)(O)OC3O[C@H](C)[C@@H](O)[C@H](N)[C@H]3O)O2)c(=O)[nH]c1=O. The molecule has 1 aromatic heterocycles. The number of aliphatic hydroxyl groups excluding tert-OH is 3. The standard InChI is InChI=1S/C16H27N3O14P2/c1-6-4-19(16(24)18-14(6)23)10-3-8(20)9(31-10)5-29-34(25,26)33-35(27,28)32-15-13(22)11(17)12(21)7(2)30-15/h4,7-13,15,20-22H,3,5,17H2,1-2H3,(H,25,26)(H,27,28)(H,18,23,24)/t7-,8+,9-,10-,11+,12-,13-,15?/m1/s1. The highest BCUT2D eigenvalue weighted by molar-refractivity contribution is 7.61. The summed E-state index contributed by atoms with van der Waals surface area (Å²) in [7, 11) is -10.7. The van der Waals surface area contributed by atoms with E-state index in [0.717, 1.165) is 4.57 Å². The number of phosphoric acid groups is 2. The van der Waals surface area contributed by atoms with Crippen LogP contribution in [0.5, 0.6) is 0 Å². The quantitative estimate of drug-likeness (QED) is 0.166. The van der Waals surface area contributed by atoms with Gasteiger partial charge in [0.15, 0.2) is 6.29 Å². The average molecular weight is 547 g/mol. The van der Waals surface area contributed by atoms with Gasteiger partial charge in [-0.15, -0.1) is 0 Å². The summed E-state index contributed by atoms with van der Waals surface area (Å²) in [4.78, 5) is 45.2. The number of H-pyrrole nitrogens is 1. The van der Waals surface area contributed by atoms with Gasteiger partial charge in [-0.05, 0) is 13.8 Å². The number of nitrogens with zero attached hydrogens (tertiary/aromatic N) is 1. The van der Waals surface area contributed by atoms with E-state index in [0.29, 0.717) is 0 Å². The van der Waals surface area contributed by atoms with E-state index in [1.54, 1.807) is 0 Å². The van der Waals surface area contributed by atoms with Gasteiger partial charge in [0, 0.05) is 18.2 Å². The van der Waals surface area contributed by atoms with Gasteiger partial charge < -0.3 is 40.3 Å². The van der Waals surface area contributed by atoms with Gasteiger partial charge in [-0.1, -0.05) is 0 Å². The van der Waals surface area contributed by atoms with Crippen LogP contribution in [0, 0.1) is 6.92 Å². The summed E-state index contributed by atoms with van der Waals surface area (Å²) in [6.07, 6.45) is -8.48. The van der Waals surface area contributed by atoms with E-state index in [-0.39, 0.29) is 12.0 Å². The van der Waals surface area contributed by atoms with Crippen molar-refractivity contribution >= 4 is 15.6 Å². The first-order valence-electron chi connectivity index (χ1n) is 10.2. The lowest BCUT2D eigenvalue weighted by atomic mass is 9.98. The Bertz CT molecular complexity index is 1130. The van der Waals surface area contributed by atoms with Crippen LogP contribution >= 0.6 is 15.6 Å². The van der Waals surface area contributed by atoms with Gasteiger partial charge in [0.25, 0.3) is 5.56 Å². The number of hydrogen-bond donors (Lipinski definition) is 7. The smallest absolute Gasteiger partial charge is 0.390 e. The number of ether oxygens (including phenoxy) is 2. The monoisotopic (exact) mass is 547 g/mol. The molecule has 0 saturated carbocycles. The third-order valence-electron chi connectivity index (χ3n) is 5.40.